The molecule has 10 heavy (non-hydrogen) atoms. The van der Waals surface area contributed by atoms with Crippen molar-refractivity contribution < 1.29 is 18.4 Å². The summed E-state index contributed by atoms with van der Waals surface area (Å²) < 4.78 is 8.84. The molecule has 0 saturated carbocycles. The van der Waals surface area contributed by atoms with Gasteiger partial charge in [0.2, 0.25) is 0 Å². The highest BCUT2D eigenvalue weighted by Gasteiger charge is 2.34. The lowest BCUT2D eigenvalue weighted by Gasteiger charge is -2.13. The van der Waals surface area contributed by atoms with E-state index in [0.29, 0.717) is 13.0 Å². The minimum atomic E-state index is -3.77. The molecule has 0 aromatic rings. The molecular formula is C4H13NO4Si. The lowest BCUT2D eigenvalue weighted by Crippen LogP contribution is -2.42. The molecule has 62 valence electrons. The van der Waals surface area contributed by atoms with Crippen LogP contribution in [-0.2, 0) is 8.85 Å². The fraction of sp³-hybridized carbons (Fsp3) is 1.00. The summed E-state index contributed by atoms with van der Waals surface area (Å²) in [7, 11) is -2.58. The molecule has 0 aromatic heterocycles. The quantitative estimate of drug-likeness (QED) is 0.340. The summed E-state index contributed by atoms with van der Waals surface area (Å²) in [6.45, 7) is 0.692. The normalized spacial score (nSPS) is 12.0. The van der Waals surface area contributed by atoms with E-state index in [4.69, 9.17) is 15.3 Å². The Morgan fingerprint density at radius 2 is 2.10 bits per heavy atom. The molecular weight excluding hydrogens is 154 g/mol. The van der Waals surface area contributed by atoms with Gasteiger partial charge in [-0.15, -0.1) is 0 Å². The van der Waals surface area contributed by atoms with E-state index >= 15 is 0 Å². The van der Waals surface area contributed by atoms with E-state index in [2.05, 4.69) is 8.85 Å². The summed E-state index contributed by atoms with van der Waals surface area (Å²) in [5.41, 5.74) is 5.13. The van der Waals surface area contributed by atoms with E-state index < -0.39 is 9.05 Å². The maximum atomic E-state index is 8.76. The van der Waals surface area contributed by atoms with Crippen molar-refractivity contribution in [2.24, 2.45) is 5.73 Å². The van der Waals surface area contributed by atoms with Crippen molar-refractivity contribution >= 4 is 9.05 Å². The molecule has 0 heterocycles. The zero-order chi connectivity index (χ0) is 8.04. The summed E-state index contributed by atoms with van der Waals surface area (Å²) >= 11 is 0. The van der Waals surface area contributed by atoms with Crippen LogP contribution in [0.1, 0.15) is 6.42 Å². The molecule has 0 fully saturated rings. The van der Waals surface area contributed by atoms with Gasteiger partial charge in [-0.05, 0) is 13.0 Å². The van der Waals surface area contributed by atoms with Crippen LogP contribution in [0.4, 0.5) is 0 Å². The standard InChI is InChI=1S/C4H13NO4Si/c1-8-10(6,7)9-4-2-3-5/h6-7H,2-5H2,1H3. The van der Waals surface area contributed by atoms with Gasteiger partial charge in [0, 0.05) is 13.7 Å². The molecule has 0 rings (SSSR count). The van der Waals surface area contributed by atoms with E-state index in [1.807, 2.05) is 0 Å². The second kappa shape index (κ2) is 4.77. The summed E-state index contributed by atoms with van der Waals surface area (Å²) in [6.07, 6.45) is 0.596. The lowest BCUT2D eigenvalue weighted by molar-refractivity contribution is 0.0420. The van der Waals surface area contributed by atoms with Crippen LogP contribution >= 0.6 is 0 Å². The van der Waals surface area contributed by atoms with Gasteiger partial charge in [0.05, 0.1) is 0 Å². The van der Waals surface area contributed by atoms with Gasteiger partial charge < -0.3 is 24.2 Å². The molecule has 0 spiro atoms. The number of hydrogen-bond acceptors (Lipinski definition) is 5. The van der Waals surface area contributed by atoms with Crippen molar-refractivity contribution in [1.82, 2.24) is 0 Å². The Kier molecular flexibility index (Phi) is 4.78. The fourth-order valence-corrected chi connectivity index (χ4v) is 0.875. The molecule has 4 N–H and O–H groups in total. The number of rotatable bonds is 5. The van der Waals surface area contributed by atoms with E-state index in [1.165, 1.54) is 7.11 Å². The Balaban J connectivity index is 3.28. The molecule has 0 radical (unpaired) electrons. The maximum Gasteiger partial charge on any atom is 0.673 e. The van der Waals surface area contributed by atoms with Gasteiger partial charge in [-0.2, -0.15) is 0 Å². The molecule has 0 aliphatic rings. The Morgan fingerprint density at radius 1 is 1.50 bits per heavy atom. The highest BCUT2D eigenvalue weighted by molar-refractivity contribution is 6.50. The van der Waals surface area contributed by atoms with Crippen molar-refractivity contribution in [3.8, 4) is 0 Å². The third kappa shape index (κ3) is 4.85. The van der Waals surface area contributed by atoms with Crippen molar-refractivity contribution in [2.45, 2.75) is 6.42 Å². The molecule has 0 unspecified atom stereocenters. The smallest absolute Gasteiger partial charge is 0.367 e. The third-order valence-electron chi connectivity index (χ3n) is 0.904. The predicted molar refractivity (Wildman–Crippen MR) is 36.8 cm³/mol. The Hall–Kier alpha value is 0.0169. The fourth-order valence-electron chi connectivity index (χ4n) is 0.347. The first-order chi connectivity index (χ1) is 4.62. The van der Waals surface area contributed by atoms with Crippen LogP contribution in [0, 0.1) is 0 Å². The summed E-state index contributed by atoms with van der Waals surface area (Å²) in [5, 5.41) is 0. The zero-order valence-corrected chi connectivity index (χ0v) is 6.91. The first kappa shape index (κ1) is 10.0. The van der Waals surface area contributed by atoms with Gasteiger partial charge in [0.1, 0.15) is 0 Å². The van der Waals surface area contributed by atoms with Gasteiger partial charge in [-0.25, -0.2) is 0 Å². The summed E-state index contributed by atoms with van der Waals surface area (Å²) in [5.74, 6) is 0. The van der Waals surface area contributed by atoms with Crippen molar-refractivity contribution in [3.63, 3.8) is 0 Å². The van der Waals surface area contributed by atoms with Gasteiger partial charge in [-0.3, -0.25) is 0 Å². The van der Waals surface area contributed by atoms with Crippen LogP contribution in [-0.4, -0.2) is 38.9 Å². The monoisotopic (exact) mass is 167 g/mol. The molecule has 0 atom stereocenters. The van der Waals surface area contributed by atoms with E-state index in [-0.39, 0.29) is 6.61 Å². The molecule has 6 heteroatoms. The molecule has 0 bridgehead atoms. The maximum absolute atomic E-state index is 8.76. The second-order valence-electron chi connectivity index (χ2n) is 1.74. The number of nitrogens with two attached hydrogens (primary N) is 1. The van der Waals surface area contributed by atoms with Crippen LogP contribution in [0.15, 0.2) is 0 Å². The van der Waals surface area contributed by atoms with Crippen molar-refractivity contribution in [1.29, 1.82) is 0 Å². The number of hydrogen-bond donors (Lipinski definition) is 3. The Bertz CT molecular complexity index is 89.3. The topological polar surface area (TPSA) is 84.9 Å². The van der Waals surface area contributed by atoms with E-state index in [1.54, 1.807) is 0 Å². The molecule has 0 amide bonds. The van der Waals surface area contributed by atoms with Crippen LogP contribution in [0.2, 0.25) is 0 Å². The van der Waals surface area contributed by atoms with Gasteiger partial charge in [-0.1, -0.05) is 0 Å². The summed E-state index contributed by atoms with van der Waals surface area (Å²) in [6, 6.07) is 0. The minimum absolute atomic E-state index is 0.226. The average Bonchev–Trinajstić information content (AvgIpc) is 1.89. The first-order valence-electron chi connectivity index (χ1n) is 2.96. The molecule has 5 nitrogen and oxygen atoms in total. The first-order valence-corrected chi connectivity index (χ1v) is 4.67. The average molecular weight is 167 g/mol. The zero-order valence-electron chi connectivity index (χ0n) is 5.91. The van der Waals surface area contributed by atoms with E-state index in [0.717, 1.165) is 0 Å². The van der Waals surface area contributed by atoms with Crippen LogP contribution in [0.3, 0.4) is 0 Å². The summed E-state index contributed by atoms with van der Waals surface area (Å²) in [4.78, 5) is 17.5. The van der Waals surface area contributed by atoms with Crippen molar-refractivity contribution in [2.75, 3.05) is 20.3 Å². The molecule has 0 aromatic carbocycles. The third-order valence-corrected chi connectivity index (χ3v) is 2.02. The highest BCUT2D eigenvalue weighted by Crippen LogP contribution is 1.95. The minimum Gasteiger partial charge on any atom is -0.367 e. The van der Waals surface area contributed by atoms with E-state index in [9.17, 15) is 0 Å². The van der Waals surface area contributed by atoms with Gasteiger partial charge >= 0.3 is 9.05 Å². The van der Waals surface area contributed by atoms with Crippen LogP contribution in [0.25, 0.3) is 0 Å². The molecule has 0 aliphatic carbocycles. The lowest BCUT2D eigenvalue weighted by atomic mass is 10.5. The van der Waals surface area contributed by atoms with Crippen LogP contribution < -0.4 is 5.73 Å². The second-order valence-corrected chi connectivity index (χ2v) is 3.54. The highest BCUT2D eigenvalue weighted by atomic mass is 28.4. The largest absolute Gasteiger partial charge is 0.673 e. The van der Waals surface area contributed by atoms with Gasteiger partial charge in [0.15, 0.2) is 0 Å². The Morgan fingerprint density at radius 3 is 2.50 bits per heavy atom. The van der Waals surface area contributed by atoms with Crippen molar-refractivity contribution in [3.05, 3.63) is 0 Å². The molecule has 0 aliphatic heterocycles. The predicted octanol–water partition coefficient (Wildman–Crippen LogP) is -1.58. The SMILES string of the molecule is CO[Si](O)(O)OCCCN. The van der Waals surface area contributed by atoms with Gasteiger partial charge in [0.25, 0.3) is 0 Å². The van der Waals surface area contributed by atoms with Crippen LogP contribution in [0.5, 0.6) is 0 Å². The Labute approximate surface area is 60.9 Å². The molecule has 0 saturated heterocycles.